The zero-order valence-corrected chi connectivity index (χ0v) is 11.3. The van der Waals surface area contributed by atoms with Crippen LogP contribution in [0.15, 0.2) is 29.3 Å². The van der Waals surface area contributed by atoms with E-state index in [9.17, 15) is 5.21 Å². The van der Waals surface area contributed by atoms with Crippen molar-refractivity contribution < 1.29 is 4.74 Å². The van der Waals surface area contributed by atoms with Gasteiger partial charge in [0.1, 0.15) is 12.2 Å². The third-order valence-corrected chi connectivity index (χ3v) is 3.80. The summed E-state index contributed by atoms with van der Waals surface area (Å²) in [6.45, 7) is 3.69. The molecule has 5 nitrogen and oxygen atoms in total. The van der Waals surface area contributed by atoms with Gasteiger partial charge in [0.15, 0.2) is 12.5 Å². The Morgan fingerprint density at radius 2 is 1.89 bits per heavy atom. The maximum absolute atomic E-state index is 12.8. The summed E-state index contributed by atoms with van der Waals surface area (Å²) in [5.74, 6) is 0.897. The highest BCUT2D eigenvalue weighted by atomic mass is 35.5. The van der Waals surface area contributed by atoms with Crippen molar-refractivity contribution in [1.82, 2.24) is 9.55 Å². The Morgan fingerprint density at radius 1 is 1.21 bits per heavy atom. The minimum Gasteiger partial charge on any atom is -0.626 e. The molecule has 0 N–H and O–H groups in total. The molecule has 0 aromatic heterocycles. The number of benzene rings is 1. The largest absolute Gasteiger partial charge is 0.626 e. The van der Waals surface area contributed by atoms with Crippen LogP contribution in [0.1, 0.15) is 0 Å². The maximum atomic E-state index is 12.8. The minimum absolute atomic E-state index is 0.244. The molecule has 102 valence electrons. The van der Waals surface area contributed by atoms with Crippen molar-refractivity contribution >= 4 is 23.1 Å². The third kappa shape index (κ3) is 2.60. The second-order valence-corrected chi connectivity index (χ2v) is 5.28. The first-order valence-electron chi connectivity index (χ1n) is 6.38. The highest BCUT2D eigenvalue weighted by Crippen LogP contribution is 2.27. The van der Waals surface area contributed by atoms with Crippen LogP contribution in [0.4, 0.5) is 5.69 Å². The molecule has 0 aliphatic carbocycles. The number of amidine groups is 1. The first kappa shape index (κ1) is 12.9. The smallest absolute Gasteiger partial charge is 0.179 e. The Labute approximate surface area is 117 Å². The molecule has 3 rings (SSSR count). The van der Waals surface area contributed by atoms with Crippen LogP contribution >= 0.6 is 11.6 Å². The van der Waals surface area contributed by atoms with Gasteiger partial charge in [-0.1, -0.05) is 11.6 Å². The minimum atomic E-state index is -0.427. The fourth-order valence-electron chi connectivity index (χ4n) is 2.43. The van der Waals surface area contributed by atoms with Crippen molar-refractivity contribution in [3.05, 3.63) is 34.5 Å². The summed E-state index contributed by atoms with van der Waals surface area (Å²) in [7, 11) is 0. The van der Waals surface area contributed by atoms with Crippen molar-refractivity contribution in [1.29, 1.82) is 0 Å². The molecule has 1 unspecified atom stereocenters. The van der Waals surface area contributed by atoms with Crippen LogP contribution in [0.5, 0.6) is 0 Å². The van der Waals surface area contributed by atoms with Gasteiger partial charge in [0.25, 0.3) is 0 Å². The molecule has 0 bridgehead atoms. The number of hydrogen-bond donors (Lipinski definition) is 0. The van der Waals surface area contributed by atoms with Crippen molar-refractivity contribution in [2.75, 3.05) is 39.5 Å². The second-order valence-electron chi connectivity index (χ2n) is 4.84. The molecule has 0 amide bonds. The lowest BCUT2D eigenvalue weighted by atomic mass is 10.3. The van der Waals surface area contributed by atoms with E-state index in [-0.39, 0.29) is 6.67 Å². The van der Waals surface area contributed by atoms with Gasteiger partial charge in [0, 0.05) is 30.2 Å². The Kier molecular flexibility index (Phi) is 3.45. The average molecular weight is 282 g/mol. The zero-order valence-electron chi connectivity index (χ0n) is 10.6. The quantitative estimate of drug-likeness (QED) is 0.583. The van der Waals surface area contributed by atoms with Crippen LogP contribution < -0.4 is 4.65 Å². The molecule has 0 radical (unpaired) electrons. The van der Waals surface area contributed by atoms with E-state index in [4.69, 9.17) is 16.3 Å². The normalized spacial score (nSPS) is 27.5. The number of nitrogens with zero attached hydrogens (tertiary/aromatic N) is 3. The van der Waals surface area contributed by atoms with Gasteiger partial charge in [-0.15, -0.1) is 0 Å². The van der Waals surface area contributed by atoms with Crippen molar-refractivity contribution in [2.24, 2.45) is 4.99 Å². The summed E-state index contributed by atoms with van der Waals surface area (Å²) in [4.78, 5) is 6.58. The molecule has 0 spiro atoms. The predicted octanol–water partition coefficient (Wildman–Crippen LogP) is 1.85. The van der Waals surface area contributed by atoms with Crippen molar-refractivity contribution in [3.63, 3.8) is 0 Å². The molecule has 2 heterocycles. The molecule has 1 aromatic rings. The fourth-order valence-corrected chi connectivity index (χ4v) is 2.56. The zero-order chi connectivity index (χ0) is 13.3. The molecular weight excluding hydrogens is 266 g/mol. The van der Waals surface area contributed by atoms with Gasteiger partial charge < -0.3 is 19.5 Å². The van der Waals surface area contributed by atoms with Crippen LogP contribution in [0.3, 0.4) is 0 Å². The first-order valence-corrected chi connectivity index (χ1v) is 6.75. The van der Waals surface area contributed by atoms with Crippen LogP contribution in [0, 0.1) is 5.21 Å². The van der Waals surface area contributed by atoms with E-state index >= 15 is 0 Å². The van der Waals surface area contributed by atoms with Crippen LogP contribution in [-0.2, 0) is 4.74 Å². The SMILES string of the molecule is [O-][N+]1(c2ccc(Cl)cc2)CN=C(N2CCOCC2)C1. The molecule has 2 aliphatic rings. The average Bonchev–Trinajstić information content (AvgIpc) is 2.84. The number of hydrogen-bond acceptors (Lipinski definition) is 4. The molecule has 1 saturated heterocycles. The van der Waals surface area contributed by atoms with E-state index in [1.807, 2.05) is 0 Å². The van der Waals surface area contributed by atoms with Gasteiger partial charge in [-0.25, -0.2) is 4.99 Å². The summed E-state index contributed by atoms with van der Waals surface area (Å²) in [5, 5.41) is 13.4. The predicted molar refractivity (Wildman–Crippen MR) is 76.2 cm³/mol. The monoisotopic (exact) mass is 281 g/mol. The number of hydroxylamine groups is 2. The van der Waals surface area contributed by atoms with Gasteiger partial charge >= 0.3 is 0 Å². The number of rotatable bonds is 1. The van der Waals surface area contributed by atoms with Crippen molar-refractivity contribution in [3.8, 4) is 0 Å². The van der Waals surface area contributed by atoms with E-state index in [1.165, 1.54) is 0 Å². The molecule has 1 fully saturated rings. The Balaban J connectivity index is 1.73. The van der Waals surface area contributed by atoms with Crippen LogP contribution in [-0.4, -0.2) is 50.3 Å². The summed E-state index contributed by atoms with van der Waals surface area (Å²) < 4.78 is 4.89. The van der Waals surface area contributed by atoms with E-state index in [2.05, 4.69) is 9.89 Å². The lowest BCUT2D eigenvalue weighted by molar-refractivity contribution is 0.0675. The number of ether oxygens (including phenoxy) is 1. The second kappa shape index (κ2) is 5.09. The molecule has 6 heteroatoms. The van der Waals surface area contributed by atoms with Crippen LogP contribution in [0.2, 0.25) is 5.02 Å². The van der Waals surface area contributed by atoms with E-state index < -0.39 is 4.65 Å². The van der Waals surface area contributed by atoms with E-state index in [0.717, 1.165) is 18.9 Å². The van der Waals surface area contributed by atoms with Gasteiger partial charge in [0.05, 0.1) is 13.2 Å². The van der Waals surface area contributed by atoms with E-state index in [1.54, 1.807) is 24.3 Å². The van der Waals surface area contributed by atoms with Gasteiger partial charge in [-0.2, -0.15) is 0 Å². The standard InChI is InChI=1S/C13H16ClN3O2/c14-11-1-3-12(4-2-11)17(18)9-13(15-10-17)16-5-7-19-8-6-16/h1-4H,5-10H2. The summed E-state index contributed by atoms with van der Waals surface area (Å²) in [6, 6.07) is 7.07. The van der Waals surface area contributed by atoms with Gasteiger partial charge in [-0.3, -0.25) is 0 Å². The van der Waals surface area contributed by atoms with Gasteiger partial charge in [-0.05, 0) is 12.1 Å². The highest BCUT2D eigenvalue weighted by Gasteiger charge is 2.31. The number of morpholine rings is 1. The Morgan fingerprint density at radius 3 is 2.58 bits per heavy atom. The Bertz CT molecular complexity index is 485. The highest BCUT2D eigenvalue weighted by molar-refractivity contribution is 6.30. The lowest BCUT2D eigenvalue weighted by Gasteiger charge is -2.38. The number of quaternary nitrogens is 1. The summed E-state index contributed by atoms with van der Waals surface area (Å²) >= 11 is 5.85. The summed E-state index contributed by atoms with van der Waals surface area (Å²) in [6.07, 6.45) is 0. The fraction of sp³-hybridized carbons (Fsp3) is 0.462. The molecule has 1 atom stereocenters. The van der Waals surface area contributed by atoms with Gasteiger partial charge in [0.2, 0.25) is 0 Å². The van der Waals surface area contributed by atoms with Crippen molar-refractivity contribution in [2.45, 2.75) is 0 Å². The van der Waals surface area contributed by atoms with Crippen LogP contribution in [0.25, 0.3) is 0 Å². The molecule has 2 aliphatic heterocycles. The maximum Gasteiger partial charge on any atom is 0.179 e. The molecular formula is C13H16ClN3O2. The topological polar surface area (TPSA) is 47.9 Å². The third-order valence-electron chi connectivity index (χ3n) is 3.55. The molecule has 1 aromatic carbocycles. The number of aliphatic imine (C=N–C) groups is 1. The first-order chi connectivity index (χ1) is 9.17. The molecule has 0 saturated carbocycles. The number of halogens is 1. The lowest BCUT2D eigenvalue weighted by Crippen LogP contribution is -2.48. The Hall–Kier alpha value is -1.14. The van der Waals surface area contributed by atoms with E-state index in [0.29, 0.717) is 30.5 Å². The molecule has 19 heavy (non-hydrogen) atoms. The summed E-state index contributed by atoms with van der Waals surface area (Å²) in [5.41, 5.74) is 0.705.